The van der Waals surface area contributed by atoms with Crippen molar-refractivity contribution in [3.63, 3.8) is 0 Å². The van der Waals surface area contributed by atoms with Gasteiger partial charge < -0.3 is 10.4 Å². The summed E-state index contributed by atoms with van der Waals surface area (Å²) in [5.41, 5.74) is 2.25. The zero-order chi connectivity index (χ0) is 15.7. The van der Waals surface area contributed by atoms with Gasteiger partial charge in [0.25, 0.3) is 0 Å². The van der Waals surface area contributed by atoms with Gasteiger partial charge in [0.2, 0.25) is 0 Å². The Labute approximate surface area is 137 Å². The number of nitrogens with zero attached hydrogens (tertiary/aromatic N) is 3. The Hall–Kier alpha value is -1.82. The lowest BCUT2D eigenvalue weighted by Gasteiger charge is -2.15. The maximum absolute atomic E-state index is 10.3. The largest absolute Gasteiger partial charge is 0.386 e. The highest BCUT2D eigenvalue weighted by atomic mass is 35.5. The fourth-order valence-corrected chi connectivity index (χ4v) is 2.95. The van der Waals surface area contributed by atoms with Crippen molar-refractivity contribution >= 4 is 34.5 Å². The molecule has 22 heavy (non-hydrogen) atoms. The third-order valence-corrected chi connectivity index (χ3v) is 3.97. The molecule has 0 bridgehead atoms. The number of aliphatic hydroxyl groups is 1. The first-order valence-electron chi connectivity index (χ1n) is 6.73. The van der Waals surface area contributed by atoms with Gasteiger partial charge in [-0.05, 0) is 25.1 Å². The molecule has 0 spiro atoms. The molecule has 0 aliphatic rings. The third kappa shape index (κ3) is 2.88. The minimum Gasteiger partial charge on any atom is -0.386 e. The topological polar surface area (TPSA) is 62.5 Å². The van der Waals surface area contributed by atoms with Crippen molar-refractivity contribution in [3.05, 3.63) is 58.0 Å². The molecule has 3 rings (SSSR count). The van der Waals surface area contributed by atoms with Crippen molar-refractivity contribution in [1.82, 2.24) is 14.6 Å². The predicted octanol–water partition coefficient (Wildman–Crippen LogP) is 3.49. The highest BCUT2D eigenvalue weighted by molar-refractivity contribution is 6.36. The fourth-order valence-electron chi connectivity index (χ4n) is 2.30. The zero-order valence-corrected chi connectivity index (χ0v) is 13.3. The van der Waals surface area contributed by atoms with Crippen LogP contribution in [-0.2, 0) is 0 Å². The molecule has 0 aliphatic heterocycles. The minimum absolute atomic E-state index is 0.236. The summed E-state index contributed by atoms with van der Waals surface area (Å²) in [6.07, 6.45) is 2.58. The molecule has 2 N–H and O–H groups in total. The SMILES string of the molecule is Cc1cc2c(NCC(O)c3c(Cl)cccc3Cl)nccn2n1. The van der Waals surface area contributed by atoms with Crippen LogP contribution in [0.3, 0.4) is 0 Å². The van der Waals surface area contributed by atoms with Crippen LogP contribution >= 0.6 is 23.2 Å². The van der Waals surface area contributed by atoms with Crippen LogP contribution in [0.1, 0.15) is 17.4 Å². The van der Waals surface area contributed by atoms with Gasteiger partial charge in [-0.1, -0.05) is 29.3 Å². The first-order chi connectivity index (χ1) is 10.6. The number of fused-ring (bicyclic) bond motifs is 1. The van der Waals surface area contributed by atoms with E-state index in [0.29, 0.717) is 21.4 Å². The summed E-state index contributed by atoms with van der Waals surface area (Å²) in [7, 11) is 0. The molecule has 0 radical (unpaired) electrons. The highest BCUT2D eigenvalue weighted by Crippen LogP contribution is 2.30. The summed E-state index contributed by atoms with van der Waals surface area (Å²) in [5.74, 6) is 0.644. The Morgan fingerprint density at radius 2 is 2.05 bits per heavy atom. The molecule has 2 aromatic heterocycles. The van der Waals surface area contributed by atoms with Crippen LogP contribution < -0.4 is 5.32 Å². The fraction of sp³-hybridized carbons (Fsp3) is 0.200. The Morgan fingerprint density at radius 1 is 1.32 bits per heavy atom. The van der Waals surface area contributed by atoms with E-state index in [2.05, 4.69) is 15.4 Å². The van der Waals surface area contributed by atoms with E-state index in [1.165, 1.54) is 0 Å². The standard InChI is InChI=1S/C15H14Cl2N4O/c1-9-7-12-15(18-5-6-21(12)20-9)19-8-13(22)14-10(16)3-2-4-11(14)17/h2-7,13,22H,8H2,1H3,(H,18,19). The van der Waals surface area contributed by atoms with Crippen molar-refractivity contribution in [1.29, 1.82) is 0 Å². The predicted molar refractivity (Wildman–Crippen MR) is 87.6 cm³/mol. The number of halogens is 2. The Morgan fingerprint density at radius 3 is 2.77 bits per heavy atom. The molecular weight excluding hydrogens is 323 g/mol. The summed E-state index contributed by atoms with van der Waals surface area (Å²) < 4.78 is 1.74. The number of aromatic nitrogens is 3. The Bertz CT molecular complexity index is 798. The number of nitrogens with one attached hydrogen (secondary N) is 1. The van der Waals surface area contributed by atoms with Crippen LogP contribution in [-0.4, -0.2) is 26.2 Å². The van der Waals surface area contributed by atoms with Gasteiger partial charge in [0.1, 0.15) is 5.52 Å². The van der Waals surface area contributed by atoms with Gasteiger partial charge in [-0.25, -0.2) is 9.50 Å². The third-order valence-electron chi connectivity index (χ3n) is 3.31. The lowest BCUT2D eigenvalue weighted by molar-refractivity contribution is 0.192. The van der Waals surface area contributed by atoms with Crippen LogP contribution in [0.25, 0.3) is 5.52 Å². The van der Waals surface area contributed by atoms with E-state index >= 15 is 0 Å². The van der Waals surface area contributed by atoms with Crippen LogP contribution in [0.2, 0.25) is 10.0 Å². The van der Waals surface area contributed by atoms with Gasteiger partial charge in [0.15, 0.2) is 5.82 Å². The summed E-state index contributed by atoms with van der Waals surface area (Å²) >= 11 is 12.2. The highest BCUT2D eigenvalue weighted by Gasteiger charge is 2.16. The number of hydrogen-bond donors (Lipinski definition) is 2. The van der Waals surface area contributed by atoms with Crippen molar-refractivity contribution in [2.24, 2.45) is 0 Å². The normalized spacial score (nSPS) is 12.5. The number of rotatable bonds is 4. The van der Waals surface area contributed by atoms with E-state index in [0.717, 1.165) is 11.2 Å². The molecule has 5 nitrogen and oxygen atoms in total. The van der Waals surface area contributed by atoms with Gasteiger partial charge >= 0.3 is 0 Å². The summed E-state index contributed by atoms with van der Waals surface area (Å²) in [6.45, 7) is 2.15. The molecular formula is C15H14Cl2N4O. The molecule has 114 valence electrons. The van der Waals surface area contributed by atoms with E-state index in [1.54, 1.807) is 35.1 Å². The molecule has 1 unspecified atom stereocenters. The van der Waals surface area contributed by atoms with Crippen LogP contribution in [0.4, 0.5) is 5.82 Å². The molecule has 3 aromatic rings. The molecule has 0 saturated carbocycles. The monoisotopic (exact) mass is 336 g/mol. The zero-order valence-electron chi connectivity index (χ0n) is 11.8. The number of anilines is 1. The van der Waals surface area contributed by atoms with Crippen molar-refractivity contribution in [2.75, 3.05) is 11.9 Å². The van der Waals surface area contributed by atoms with Gasteiger partial charge in [-0.2, -0.15) is 5.10 Å². The average molecular weight is 337 g/mol. The maximum Gasteiger partial charge on any atom is 0.152 e. The molecule has 0 amide bonds. The van der Waals surface area contributed by atoms with Crippen molar-refractivity contribution in [2.45, 2.75) is 13.0 Å². The summed E-state index contributed by atoms with van der Waals surface area (Å²) in [6, 6.07) is 7.06. The summed E-state index contributed by atoms with van der Waals surface area (Å²) in [4.78, 5) is 4.28. The second-order valence-corrected chi connectivity index (χ2v) is 5.74. The van der Waals surface area contributed by atoms with Crippen LogP contribution in [0.15, 0.2) is 36.7 Å². The first-order valence-corrected chi connectivity index (χ1v) is 7.48. The van der Waals surface area contributed by atoms with Crippen molar-refractivity contribution in [3.8, 4) is 0 Å². The lowest BCUT2D eigenvalue weighted by Crippen LogP contribution is -2.14. The molecule has 0 saturated heterocycles. The molecule has 7 heteroatoms. The number of hydrogen-bond acceptors (Lipinski definition) is 4. The van der Waals surface area contributed by atoms with E-state index in [-0.39, 0.29) is 6.54 Å². The summed E-state index contributed by atoms with van der Waals surface area (Å²) in [5, 5.41) is 18.6. The van der Waals surface area contributed by atoms with E-state index in [4.69, 9.17) is 23.2 Å². The Kier molecular flexibility index (Phi) is 4.20. The van der Waals surface area contributed by atoms with E-state index < -0.39 is 6.10 Å². The molecule has 2 heterocycles. The quantitative estimate of drug-likeness (QED) is 0.765. The average Bonchev–Trinajstić information content (AvgIpc) is 2.85. The van der Waals surface area contributed by atoms with Gasteiger partial charge in [0.05, 0.1) is 11.8 Å². The Balaban J connectivity index is 1.82. The number of aliphatic hydroxyl groups excluding tert-OH is 1. The van der Waals surface area contributed by atoms with Gasteiger partial charge in [-0.15, -0.1) is 0 Å². The van der Waals surface area contributed by atoms with Crippen LogP contribution in [0.5, 0.6) is 0 Å². The molecule has 0 aliphatic carbocycles. The number of aryl methyl sites for hydroxylation is 1. The van der Waals surface area contributed by atoms with Gasteiger partial charge in [-0.3, -0.25) is 0 Å². The smallest absolute Gasteiger partial charge is 0.152 e. The molecule has 1 aromatic carbocycles. The minimum atomic E-state index is -0.840. The van der Waals surface area contributed by atoms with E-state index in [9.17, 15) is 5.11 Å². The lowest BCUT2D eigenvalue weighted by atomic mass is 10.1. The van der Waals surface area contributed by atoms with Crippen LogP contribution in [0, 0.1) is 6.92 Å². The molecule has 0 fully saturated rings. The van der Waals surface area contributed by atoms with Gasteiger partial charge in [0, 0.05) is 34.5 Å². The van der Waals surface area contributed by atoms with Crippen molar-refractivity contribution < 1.29 is 5.11 Å². The second kappa shape index (κ2) is 6.12. The second-order valence-electron chi connectivity index (χ2n) is 4.92. The number of benzene rings is 1. The molecule has 1 atom stereocenters. The maximum atomic E-state index is 10.3. The van der Waals surface area contributed by atoms with E-state index in [1.807, 2.05) is 13.0 Å². The first kappa shape index (κ1) is 15.1.